The van der Waals surface area contributed by atoms with E-state index in [4.69, 9.17) is 19.3 Å². The first kappa shape index (κ1) is 22.0. The Kier molecular flexibility index (Phi) is 6.88. The lowest BCUT2D eigenvalue weighted by Gasteiger charge is -2.24. The summed E-state index contributed by atoms with van der Waals surface area (Å²) in [5.41, 5.74) is 0.732. The molecule has 0 spiro atoms. The number of carbonyl (C=O) groups excluding carboxylic acids is 1. The number of anilines is 1. The van der Waals surface area contributed by atoms with Crippen molar-refractivity contribution < 1.29 is 34.0 Å². The lowest BCUT2D eigenvalue weighted by Crippen LogP contribution is -2.21. The molecular weight excluding hydrogens is 526 g/mol. The minimum Gasteiger partial charge on any atom is -0.506 e. The van der Waals surface area contributed by atoms with Crippen molar-refractivity contribution in [2.45, 2.75) is 13.0 Å². The van der Waals surface area contributed by atoms with Crippen molar-refractivity contribution in [1.29, 1.82) is 0 Å². The largest absolute Gasteiger partial charge is 0.506 e. The number of carbonyl (C=O) groups is 2. The van der Waals surface area contributed by atoms with Gasteiger partial charge in [-0.2, -0.15) is 0 Å². The fourth-order valence-corrected chi connectivity index (χ4v) is 4.09. The lowest BCUT2D eigenvalue weighted by atomic mass is 9.96. The molecule has 1 aliphatic rings. The molecule has 2 aromatic carbocycles. The maximum absolute atomic E-state index is 12.6. The van der Waals surface area contributed by atoms with Crippen molar-refractivity contribution in [2.75, 3.05) is 12.1 Å². The first-order chi connectivity index (χ1) is 14.2. The van der Waals surface area contributed by atoms with Crippen LogP contribution < -0.4 is 14.8 Å². The molecule has 2 aromatic rings. The van der Waals surface area contributed by atoms with E-state index < -0.39 is 24.1 Å². The van der Waals surface area contributed by atoms with Crippen LogP contribution in [0.2, 0.25) is 0 Å². The number of aromatic hydroxyl groups is 1. The number of carboxylic acid groups (broad SMARTS) is 1. The second-order valence-corrected chi connectivity index (χ2v) is 8.17. The molecule has 0 fully saturated rings. The van der Waals surface area contributed by atoms with Crippen molar-refractivity contribution in [1.82, 2.24) is 0 Å². The van der Waals surface area contributed by atoms with Gasteiger partial charge in [-0.3, -0.25) is 5.32 Å². The molecule has 0 saturated heterocycles. The van der Waals surface area contributed by atoms with Gasteiger partial charge in [-0.25, -0.2) is 9.59 Å². The molecule has 1 amide bonds. The molecule has 10 heteroatoms. The van der Waals surface area contributed by atoms with Crippen LogP contribution in [0.5, 0.6) is 17.2 Å². The number of fused-ring (bicyclic) bond motifs is 1. The van der Waals surface area contributed by atoms with Crippen LogP contribution in [0.25, 0.3) is 0 Å². The molecule has 0 aliphatic carbocycles. The summed E-state index contributed by atoms with van der Waals surface area (Å²) in [7, 11) is 0. The molecule has 1 aliphatic heterocycles. The van der Waals surface area contributed by atoms with Gasteiger partial charge in [0, 0.05) is 33.8 Å². The van der Waals surface area contributed by atoms with Gasteiger partial charge >= 0.3 is 12.1 Å². The number of aliphatic carboxylic acids is 1. The van der Waals surface area contributed by atoms with Crippen LogP contribution in [0, 0.1) is 5.92 Å². The van der Waals surface area contributed by atoms with Crippen LogP contribution in [-0.4, -0.2) is 29.1 Å². The predicted octanol–water partition coefficient (Wildman–Crippen LogP) is 5.21. The summed E-state index contributed by atoms with van der Waals surface area (Å²) in [5, 5.41) is 22.0. The Morgan fingerprint density at radius 2 is 1.93 bits per heavy atom. The molecule has 2 atom stereocenters. The van der Waals surface area contributed by atoms with Crippen LogP contribution >= 0.6 is 31.9 Å². The number of rotatable bonds is 6. The maximum Gasteiger partial charge on any atom is 0.412 e. The molecule has 0 bridgehead atoms. The maximum atomic E-state index is 12.6. The summed E-state index contributed by atoms with van der Waals surface area (Å²) < 4.78 is 17.1. The monoisotopic (exact) mass is 541 g/mol. The lowest BCUT2D eigenvalue weighted by molar-refractivity contribution is -0.131. The Morgan fingerprint density at radius 3 is 2.67 bits per heavy atom. The number of nitrogens with one attached hydrogen (secondary N) is 1. The van der Waals surface area contributed by atoms with Crippen molar-refractivity contribution >= 4 is 49.6 Å². The molecular formula is C20H17Br2NO7. The van der Waals surface area contributed by atoms with Gasteiger partial charge in [-0.1, -0.05) is 28.9 Å². The Labute approximate surface area is 188 Å². The molecule has 0 unspecified atom stereocenters. The van der Waals surface area contributed by atoms with E-state index in [0.717, 1.165) is 6.08 Å². The Bertz CT molecular complexity index is 1010. The molecule has 0 radical (unpaired) electrons. The molecule has 8 nitrogen and oxygen atoms in total. The van der Waals surface area contributed by atoms with E-state index >= 15 is 0 Å². The van der Waals surface area contributed by atoms with Crippen LogP contribution in [-0.2, 0) is 9.53 Å². The highest BCUT2D eigenvalue weighted by Crippen LogP contribution is 2.40. The van der Waals surface area contributed by atoms with E-state index in [0.29, 0.717) is 31.7 Å². The van der Waals surface area contributed by atoms with Gasteiger partial charge in [-0.15, -0.1) is 0 Å². The molecule has 30 heavy (non-hydrogen) atoms. The number of ether oxygens (including phenoxy) is 3. The highest BCUT2D eigenvalue weighted by atomic mass is 79.9. The van der Waals surface area contributed by atoms with E-state index in [-0.39, 0.29) is 12.5 Å². The third-order valence-corrected chi connectivity index (χ3v) is 5.30. The van der Waals surface area contributed by atoms with Gasteiger partial charge < -0.3 is 24.4 Å². The van der Waals surface area contributed by atoms with Gasteiger partial charge in [0.15, 0.2) is 11.5 Å². The standard InChI is InChI=1S/C20H17Br2NO7/c1-10(2-5-17(24)25)19(13-6-11(21)7-14(22)18(13)26)30-20(27)23-12-3-4-15-16(8-12)29-9-28-15/h2-8,10,19,26H,9H2,1H3,(H,23,27)(H,24,25)/b5-2+/t10-,19+/m1/s1. The molecule has 1 heterocycles. The van der Waals surface area contributed by atoms with Gasteiger partial charge in [0.05, 0.1) is 4.47 Å². The predicted molar refractivity (Wildman–Crippen MR) is 115 cm³/mol. The van der Waals surface area contributed by atoms with Crippen LogP contribution in [0.3, 0.4) is 0 Å². The zero-order valence-corrected chi connectivity index (χ0v) is 18.8. The third-order valence-electron chi connectivity index (χ3n) is 4.24. The van der Waals surface area contributed by atoms with Crippen molar-refractivity contribution in [2.24, 2.45) is 5.92 Å². The van der Waals surface area contributed by atoms with E-state index in [1.165, 1.54) is 6.08 Å². The quantitative estimate of drug-likeness (QED) is 0.429. The number of phenolic OH excluding ortho intramolecular Hbond substituents is 1. The number of hydrogen-bond donors (Lipinski definition) is 3. The van der Waals surface area contributed by atoms with Crippen molar-refractivity contribution in [3.05, 3.63) is 57.0 Å². The molecule has 3 rings (SSSR count). The third kappa shape index (κ3) is 5.25. The second kappa shape index (κ2) is 9.40. The number of hydrogen-bond acceptors (Lipinski definition) is 6. The summed E-state index contributed by atoms with van der Waals surface area (Å²) in [5.74, 6) is -0.741. The Morgan fingerprint density at radius 1 is 1.20 bits per heavy atom. The number of phenols is 1. The summed E-state index contributed by atoms with van der Waals surface area (Å²) in [6, 6.07) is 8.12. The highest BCUT2D eigenvalue weighted by Gasteiger charge is 2.27. The van der Waals surface area contributed by atoms with Crippen molar-refractivity contribution in [3.8, 4) is 17.2 Å². The number of carboxylic acids is 1. The number of benzene rings is 2. The van der Waals surface area contributed by atoms with Gasteiger partial charge in [0.1, 0.15) is 11.9 Å². The fraction of sp³-hybridized carbons (Fsp3) is 0.200. The first-order valence-electron chi connectivity index (χ1n) is 8.71. The smallest absolute Gasteiger partial charge is 0.412 e. The number of halogens is 2. The highest BCUT2D eigenvalue weighted by molar-refractivity contribution is 9.11. The minimum absolute atomic E-state index is 0.107. The molecule has 0 saturated carbocycles. The second-order valence-electron chi connectivity index (χ2n) is 6.40. The van der Waals surface area contributed by atoms with E-state index in [1.807, 2.05) is 0 Å². The van der Waals surface area contributed by atoms with Crippen molar-refractivity contribution in [3.63, 3.8) is 0 Å². The average molecular weight is 543 g/mol. The van der Waals surface area contributed by atoms with E-state index in [9.17, 15) is 14.7 Å². The van der Waals surface area contributed by atoms with Gasteiger partial charge in [-0.05, 0) is 40.2 Å². The summed E-state index contributed by atoms with van der Waals surface area (Å²) in [6.07, 6.45) is 0.587. The fourth-order valence-electron chi connectivity index (χ4n) is 2.83. The van der Waals surface area contributed by atoms with E-state index in [1.54, 1.807) is 37.3 Å². The normalized spacial score (nSPS) is 14.4. The summed E-state index contributed by atoms with van der Waals surface area (Å²) in [4.78, 5) is 23.5. The molecule has 0 aromatic heterocycles. The zero-order valence-electron chi connectivity index (χ0n) is 15.6. The number of amides is 1. The summed E-state index contributed by atoms with van der Waals surface area (Å²) in [6.45, 7) is 1.78. The van der Waals surface area contributed by atoms with Gasteiger partial charge in [0.2, 0.25) is 6.79 Å². The van der Waals surface area contributed by atoms with Crippen LogP contribution in [0.1, 0.15) is 18.6 Å². The topological polar surface area (TPSA) is 114 Å². The average Bonchev–Trinajstić information content (AvgIpc) is 3.15. The van der Waals surface area contributed by atoms with E-state index in [2.05, 4.69) is 37.2 Å². The Hall–Kier alpha value is -2.72. The first-order valence-corrected chi connectivity index (χ1v) is 10.3. The van der Waals surface area contributed by atoms with Gasteiger partial charge in [0.25, 0.3) is 0 Å². The molecule has 3 N–H and O–H groups in total. The van der Waals surface area contributed by atoms with Crippen LogP contribution in [0.4, 0.5) is 10.5 Å². The minimum atomic E-state index is -1.13. The molecule has 158 valence electrons. The Balaban J connectivity index is 1.85. The zero-order chi connectivity index (χ0) is 21.8. The summed E-state index contributed by atoms with van der Waals surface area (Å²) >= 11 is 6.59. The van der Waals surface area contributed by atoms with Crippen LogP contribution in [0.15, 0.2) is 51.4 Å². The SMILES string of the molecule is C[C@H](/C=C/C(=O)O)[C@H](OC(=O)Nc1ccc2c(c1)OCO2)c1cc(Br)cc(Br)c1O.